The molecule has 1 aromatic rings. The molecule has 5 heteroatoms. The Bertz CT molecular complexity index is 391. The highest BCUT2D eigenvalue weighted by atomic mass is 16.5. The summed E-state index contributed by atoms with van der Waals surface area (Å²) in [5.41, 5.74) is 7.00. The van der Waals surface area contributed by atoms with E-state index in [1.807, 2.05) is 7.05 Å². The second-order valence-electron chi connectivity index (χ2n) is 4.83. The van der Waals surface area contributed by atoms with Crippen molar-refractivity contribution < 1.29 is 4.74 Å². The molecule has 5 nitrogen and oxygen atoms in total. The van der Waals surface area contributed by atoms with E-state index >= 15 is 0 Å². The molecule has 0 bridgehead atoms. The molecule has 1 aliphatic heterocycles. The SMILES string of the molecule is CCCc1c(N)ncnc1N(C)CC1CCCO1. The summed E-state index contributed by atoms with van der Waals surface area (Å²) in [7, 11) is 2.04. The first-order valence-electron chi connectivity index (χ1n) is 6.64. The van der Waals surface area contributed by atoms with E-state index in [9.17, 15) is 0 Å². The van der Waals surface area contributed by atoms with Crippen molar-refractivity contribution in [1.82, 2.24) is 9.97 Å². The Labute approximate surface area is 108 Å². The van der Waals surface area contributed by atoms with Crippen LogP contribution in [0.15, 0.2) is 6.33 Å². The quantitative estimate of drug-likeness (QED) is 0.860. The molecule has 0 radical (unpaired) electrons. The van der Waals surface area contributed by atoms with E-state index in [1.54, 1.807) is 0 Å². The van der Waals surface area contributed by atoms with Gasteiger partial charge in [0.05, 0.1) is 6.10 Å². The van der Waals surface area contributed by atoms with Crippen LogP contribution < -0.4 is 10.6 Å². The molecule has 0 spiro atoms. The zero-order valence-corrected chi connectivity index (χ0v) is 11.2. The molecule has 0 saturated carbocycles. The predicted octanol–water partition coefficient (Wildman–Crippen LogP) is 1.63. The largest absolute Gasteiger partial charge is 0.383 e. The Hall–Kier alpha value is -1.36. The van der Waals surface area contributed by atoms with Crippen molar-refractivity contribution in [2.24, 2.45) is 0 Å². The summed E-state index contributed by atoms with van der Waals surface area (Å²) in [4.78, 5) is 10.6. The van der Waals surface area contributed by atoms with Crippen molar-refractivity contribution >= 4 is 11.6 Å². The van der Waals surface area contributed by atoms with Gasteiger partial charge in [0, 0.05) is 25.8 Å². The summed E-state index contributed by atoms with van der Waals surface area (Å²) in [5.74, 6) is 1.54. The fraction of sp³-hybridized carbons (Fsp3) is 0.692. The number of ether oxygens (including phenoxy) is 1. The third-order valence-electron chi connectivity index (χ3n) is 3.32. The summed E-state index contributed by atoms with van der Waals surface area (Å²) >= 11 is 0. The minimum absolute atomic E-state index is 0.320. The molecule has 0 aromatic carbocycles. The summed E-state index contributed by atoms with van der Waals surface area (Å²) in [5, 5.41) is 0. The van der Waals surface area contributed by atoms with E-state index in [0.717, 1.165) is 50.2 Å². The van der Waals surface area contributed by atoms with Crippen LogP contribution in [0.5, 0.6) is 0 Å². The van der Waals surface area contributed by atoms with Gasteiger partial charge in [0.2, 0.25) is 0 Å². The molecule has 0 aliphatic carbocycles. The van der Waals surface area contributed by atoms with Gasteiger partial charge in [0.25, 0.3) is 0 Å². The van der Waals surface area contributed by atoms with Gasteiger partial charge in [-0.3, -0.25) is 0 Å². The predicted molar refractivity (Wildman–Crippen MR) is 72.7 cm³/mol. The number of hydrogen-bond acceptors (Lipinski definition) is 5. The standard InChI is InChI=1S/C13H22N4O/c1-3-5-11-12(14)15-9-16-13(11)17(2)8-10-6-4-7-18-10/h9-10H,3-8H2,1-2H3,(H2,14,15,16). The average Bonchev–Trinajstić information content (AvgIpc) is 2.84. The molecule has 2 rings (SSSR count). The van der Waals surface area contributed by atoms with E-state index in [1.165, 1.54) is 6.33 Å². The first-order chi connectivity index (χ1) is 8.72. The highest BCUT2D eigenvalue weighted by Crippen LogP contribution is 2.23. The van der Waals surface area contributed by atoms with Crippen LogP contribution in [0.4, 0.5) is 11.6 Å². The summed E-state index contributed by atoms with van der Waals surface area (Å²) in [6.07, 6.45) is 6.10. The number of likely N-dealkylation sites (N-methyl/N-ethyl adjacent to an activating group) is 1. The van der Waals surface area contributed by atoms with Crippen LogP contribution in [0.25, 0.3) is 0 Å². The van der Waals surface area contributed by atoms with Crippen molar-refractivity contribution in [2.75, 3.05) is 30.8 Å². The van der Waals surface area contributed by atoms with Gasteiger partial charge in [-0.15, -0.1) is 0 Å². The number of nitrogens with two attached hydrogens (primary N) is 1. The van der Waals surface area contributed by atoms with Crippen molar-refractivity contribution in [2.45, 2.75) is 38.7 Å². The number of hydrogen-bond donors (Lipinski definition) is 1. The fourth-order valence-corrected chi connectivity index (χ4v) is 2.42. The van der Waals surface area contributed by atoms with Crippen LogP contribution in [0.2, 0.25) is 0 Å². The number of nitrogens with zero attached hydrogens (tertiary/aromatic N) is 3. The maximum atomic E-state index is 5.94. The monoisotopic (exact) mass is 250 g/mol. The number of nitrogen functional groups attached to an aromatic ring is 1. The highest BCUT2D eigenvalue weighted by Gasteiger charge is 2.20. The molecule has 0 amide bonds. The zero-order valence-electron chi connectivity index (χ0n) is 11.2. The van der Waals surface area contributed by atoms with E-state index < -0.39 is 0 Å². The minimum Gasteiger partial charge on any atom is -0.383 e. The molecule has 2 heterocycles. The number of anilines is 2. The van der Waals surface area contributed by atoms with Gasteiger partial charge in [-0.05, 0) is 19.3 Å². The van der Waals surface area contributed by atoms with Crippen LogP contribution >= 0.6 is 0 Å². The third kappa shape index (κ3) is 2.90. The van der Waals surface area contributed by atoms with E-state index in [0.29, 0.717) is 11.9 Å². The molecular formula is C13H22N4O. The lowest BCUT2D eigenvalue weighted by Crippen LogP contribution is -2.30. The fourth-order valence-electron chi connectivity index (χ4n) is 2.42. The molecule has 1 aromatic heterocycles. The Morgan fingerprint density at radius 2 is 2.33 bits per heavy atom. The second kappa shape index (κ2) is 6.00. The summed E-state index contributed by atoms with van der Waals surface area (Å²) < 4.78 is 5.66. The first kappa shape index (κ1) is 13.1. The van der Waals surface area contributed by atoms with Crippen molar-refractivity contribution in [3.05, 3.63) is 11.9 Å². The molecular weight excluding hydrogens is 228 g/mol. The Kier molecular flexibility index (Phi) is 4.36. The van der Waals surface area contributed by atoms with Crippen molar-refractivity contribution in [3.8, 4) is 0 Å². The maximum Gasteiger partial charge on any atom is 0.137 e. The molecule has 100 valence electrons. The maximum absolute atomic E-state index is 5.94. The van der Waals surface area contributed by atoms with Crippen LogP contribution in [0.3, 0.4) is 0 Å². The lowest BCUT2D eigenvalue weighted by Gasteiger charge is -2.24. The van der Waals surface area contributed by atoms with Gasteiger partial charge < -0.3 is 15.4 Å². The summed E-state index contributed by atoms with van der Waals surface area (Å²) in [6.45, 7) is 3.88. The Morgan fingerprint density at radius 1 is 1.50 bits per heavy atom. The van der Waals surface area contributed by atoms with Gasteiger partial charge in [-0.1, -0.05) is 13.3 Å². The van der Waals surface area contributed by atoms with Crippen LogP contribution in [0, 0.1) is 0 Å². The van der Waals surface area contributed by atoms with E-state index in [4.69, 9.17) is 10.5 Å². The van der Waals surface area contributed by atoms with Gasteiger partial charge >= 0.3 is 0 Å². The van der Waals surface area contributed by atoms with E-state index in [-0.39, 0.29) is 0 Å². The van der Waals surface area contributed by atoms with Gasteiger partial charge in [-0.25, -0.2) is 9.97 Å². The topological polar surface area (TPSA) is 64.3 Å². The molecule has 2 N–H and O–H groups in total. The van der Waals surface area contributed by atoms with Crippen LogP contribution in [0.1, 0.15) is 31.7 Å². The lowest BCUT2D eigenvalue weighted by atomic mass is 10.1. The van der Waals surface area contributed by atoms with Gasteiger partial charge in [0.1, 0.15) is 18.0 Å². The number of aromatic nitrogens is 2. The Morgan fingerprint density at radius 3 is 3.00 bits per heavy atom. The van der Waals surface area contributed by atoms with Crippen LogP contribution in [-0.4, -0.2) is 36.3 Å². The smallest absolute Gasteiger partial charge is 0.137 e. The van der Waals surface area contributed by atoms with E-state index in [2.05, 4.69) is 21.8 Å². The van der Waals surface area contributed by atoms with Gasteiger partial charge in [-0.2, -0.15) is 0 Å². The van der Waals surface area contributed by atoms with Crippen molar-refractivity contribution in [3.63, 3.8) is 0 Å². The van der Waals surface area contributed by atoms with Gasteiger partial charge in [0.15, 0.2) is 0 Å². The highest BCUT2D eigenvalue weighted by molar-refractivity contribution is 5.56. The minimum atomic E-state index is 0.320. The first-order valence-corrected chi connectivity index (χ1v) is 6.64. The molecule has 1 saturated heterocycles. The zero-order chi connectivity index (χ0) is 13.0. The normalized spacial score (nSPS) is 19.1. The summed E-state index contributed by atoms with van der Waals surface area (Å²) in [6, 6.07) is 0. The second-order valence-corrected chi connectivity index (χ2v) is 4.83. The molecule has 1 atom stereocenters. The Balaban J connectivity index is 2.12. The molecule has 18 heavy (non-hydrogen) atoms. The third-order valence-corrected chi connectivity index (χ3v) is 3.32. The molecule has 1 unspecified atom stereocenters. The van der Waals surface area contributed by atoms with Crippen molar-refractivity contribution in [1.29, 1.82) is 0 Å². The number of rotatable bonds is 5. The molecule has 1 aliphatic rings. The lowest BCUT2D eigenvalue weighted by molar-refractivity contribution is 0.116. The molecule has 1 fully saturated rings. The average molecular weight is 250 g/mol. The van der Waals surface area contributed by atoms with Crippen LogP contribution in [-0.2, 0) is 11.2 Å².